The van der Waals surface area contributed by atoms with Crippen LogP contribution >= 0.6 is 0 Å². The molecular formula is C11H18N+. The van der Waals surface area contributed by atoms with Gasteiger partial charge >= 0.3 is 0 Å². The fraction of sp³-hybridized carbons (Fsp3) is 0.636. The Kier molecular flexibility index (Phi) is 7.58. The van der Waals surface area contributed by atoms with Crippen LogP contribution in [-0.2, 0) is 0 Å². The number of unbranched alkanes of at least 4 members (excludes halogenated alkanes) is 1. The largest absolute Gasteiger partial charge is 0.198 e. The van der Waals surface area contributed by atoms with Crippen LogP contribution in [0.5, 0.6) is 0 Å². The van der Waals surface area contributed by atoms with Gasteiger partial charge in [-0.15, -0.1) is 0 Å². The summed E-state index contributed by atoms with van der Waals surface area (Å²) in [6.07, 6.45) is 9.43. The molecule has 66 valence electrons. The highest BCUT2D eigenvalue weighted by Gasteiger charge is 2.05. The van der Waals surface area contributed by atoms with Gasteiger partial charge in [0.15, 0.2) is 0 Å². The van der Waals surface area contributed by atoms with Gasteiger partial charge in [0.05, 0.1) is 18.9 Å². The Hall–Kier alpha value is -0.900. The molecule has 0 saturated carbocycles. The average molecular weight is 164 g/mol. The van der Waals surface area contributed by atoms with Gasteiger partial charge in [-0.25, -0.2) is 0 Å². The minimum absolute atomic E-state index is 0.149. The SMILES string of the molecule is [CH2+]CC(C#N)CC/C=C\CCC. The van der Waals surface area contributed by atoms with Gasteiger partial charge in [0.1, 0.15) is 6.42 Å². The molecule has 0 aliphatic heterocycles. The molecule has 1 heteroatoms. The number of rotatable bonds is 6. The first-order chi connectivity index (χ1) is 5.85. The van der Waals surface area contributed by atoms with E-state index in [-0.39, 0.29) is 5.92 Å². The van der Waals surface area contributed by atoms with Crippen molar-refractivity contribution in [2.24, 2.45) is 5.92 Å². The Balaban J connectivity index is 3.36. The molecule has 0 bridgehead atoms. The first-order valence-electron chi connectivity index (χ1n) is 4.69. The predicted octanol–water partition coefficient (Wildman–Crippen LogP) is 3.49. The third-order valence-corrected chi connectivity index (χ3v) is 1.83. The summed E-state index contributed by atoms with van der Waals surface area (Å²) in [4.78, 5) is 0. The maximum absolute atomic E-state index is 8.61. The number of nitrogens with zero attached hydrogens (tertiary/aromatic N) is 1. The second-order valence-electron chi connectivity index (χ2n) is 2.95. The Morgan fingerprint density at radius 3 is 2.58 bits per heavy atom. The van der Waals surface area contributed by atoms with Crippen molar-refractivity contribution in [3.63, 3.8) is 0 Å². The van der Waals surface area contributed by atoms with Crippen LogP contribution in [0.1, 0.15) is 39.0 Å². The second-order valence-corrected chi connectivity index (χ2v) is 2.95. The predicted molar refractivity (Wildman–Crippen MR) is 52.4 cm³/mol. The molecule has 0 radical (unpaired) electrons. The van der Waals surface area contributed by atoms with Crippen molar-refractivity contribution >= 4 is 0 Å². The first-order valence-corrected chi connectivity index (χ1v) is 4.69. The van der Waals surface area contributed by atoms with E-state index in [4.69, 9.17) is 5.26 Å². The lowest BCUT2D eigenvalue weighted by Gasteiger charge is -1.97. The van der Waals surface area contributed by atoms with Crippen LogP contribution in [0.25, 0.3) is 0 Å². The van der Waals surface area contributed by atoms with E-state index in [0.717, 1.165) is 25.7 Å². The lowest BCUT2D eigenvalue weighted by atomic mass is 10.0. The molecule has 0 N–H and O–H groups in total. The van der Waals surface area contributed by atoms with E-state index in [0.29, 0.717) is 0 Å². The highest BCUT2D eigenvalue weighted by atomic mass is 14.3. The molecule has 1 nitrogen and oxygen atoms in total. The first kappa shape index (κ1) is 11.1. The Labute approximate surface area is 76.1 Å². The van der Waals surface area contributed by atoms with E-state index in [1.165, 1.54) is 6.42 Å². The Morgan fingerprint density at radius 1 is 1.42 bits per heavy atom. The number of hydrogen-bond acceptors (Lipinski definition) is 1. The van der Waals surface area contributed by atoms with Gasteiger partial charge in [-0.05, 0) is 19.3 Å². The molecular weight excluding hydrogens is 146 g/mol. The summed E-state index contributed by atoms with van der Waals surface area (Å²) in [5.74, 6) is 0.149. The zero-order valence-corrected chi connectivity index (χ0v) is 7.92. The van der Waals surface area contributed by atoms with E-state index >= 15 is 0 Å². The van der Waals surface area contributed by atoms with Gasteiger partial charge in [-0.3, -0.25) is 0 Å². The smallest absolute Gasteiger partial charge is 0.101 e. The molecule has 0 saturated heterocycles. The zero-order valence-electron chi connectivity index (χ0n) is 7.92. The van der Waals surface area contributed by atoms with Crippen LogP contribution < -0.4 is 0 Å². The monoisotopic (exact) mass is 164 g/mol. The minimum Gasteiger partial charge on any atom is -0.198 e. The third kappa shape index (κ3) is 5.85. The number of nitriles is 1. The molecule has 0 aromatic heterocycles. The summed E-state index contributed by atoms with van der Waals surface area (Å²) >= 11 is 0. The van der Waals surface area contributed by atoms with Crippen molar-refractivity contribution < 1.29 is 0 Å². The van der Waals surface area contributed by atoms with Crippen molar-refractivity contribution in [1.82, 2.24) is 0 Å². The molecule has 0 aromatic carbocycles. The Bertz CT molecular complexity index is 153. The van der Waals surface area contributed by atoms with Crippen LogP contribution in [-0.4, -0.2) is 0 Å². The van der Waals surface area contributed by atoms with Crippen LogP contribution in [0.4, 0.5) is 0 Å². The summed E-state index contributed by atoms with van der Waals surface area (Å²) in [5.41, 5.74) is 0. The van der Waals surface area contributed by atoms with E-state index in [1.54, 1.807) is 0 Å². The second kappa shape index (κ2) is 8.20. The maximum atomic E-state index is 8.61. The van der Waals surface area contributed by atoms with Gasteiger partial charge < -0.3 is 0 Å². The van der Waals surface area contributed by atoms with E-state index in [1.807, 2.05) is 0 Å². The molecule has 0 amide bonds. The van der Waals surface area contributed by atoms with Crippen LogP contribution in [0.15, 0.2) is 12.2 Å². The van der Waals surface area contributed by atoms with Gasteiger partial charge in [-0.1, -0.05) is 25.5 Å². The van der Waals surface area contributed by atoms with E-state index in [9.17, 15) is 0 Å². The Morgan fingerprint density at radius 2 is 2.08 bits per heavy atom. The summed E-state index contributed by atoms with van der Waals surface area (Å²) in [6, 6.07) is 2.25. The third-order valence-electron chi connectivity index (χ3n) is 1.83. The van der Waals surface area contributed by atoms with Crippen molar-refractivity contribution in [3.05, 3.63) is 19.1 Å². The lowest BCUT2D eigenvalue weighted by Crippen LogP contribution is -1.92. The van der Waals surface area contributed by atoms with Crippen LogP contribution in [0.3, 0.4) is 0 Å². The fourth-order valence-electron chi connectivity index (χ4n) is 0.973. The van der Waals surface area contributed by atoms with Gasteiger partial charge in [0.2, 0.25) is 0 Å². The highest BCUT2D eigenvalue weighted by molar-refractivity contribution is 4.88. The number of allylic oxidation sites excluding steroid dienone is 2. The lowest BCUT2D eigenvalue weighted by molar-refractivity contribution is 0.617. The molecule has 0 spiro atoms. The highest BCUT2D eigenvalue weighted by Crippen LogP contribution is 2.09. The summed E-state index contributed by atoms with van der Waals surface area (Å²) < 4.78 is 0. The maximum Gasteiger partial charge on any atom is 0.101 e. The summed E-state index contributed by atoms with van der Waals surface area (Å²) in [7, 11) is 0. The average Bonchev–Trinajstić information content (AvgIpc) is 2.11. The summed E-state index contributed by atoms with van der Waals surface area (Å²) in [5, 5.41) is 8.61. The normalized spacial score (nSPS) is 13.0. The quantitative estimate of drug-likeness (QED) is 0.435. The molecule has 0 aliphatic rings. The molecule has 0 heterocycles. The van der Waals surface area contributed by atoms with Gasteiger partial charge in [-0.2, -0.15) is 5.26 Å². The van der Waals surface area contributed by atoms with Crippen molar-refractivity contribution in [3.8, 4) is 6.07 Å². The molecule has 0 fully saturated rings. The molecule has 12 heavy (non-hydrogen) atoms. The molecule has 1 atom stereocenters. The number of hydrogen-bond donors (Lipinski definition) is 0. The summed E-state index contributed by atoms with van der Waals surface area (Å²) in [6.45, 7) is 5.89. The van der Waals surface area contributed by atoms with Crippen molar-refractivity contribution in [2.45, 2.75) is 39.0 Å². The molecule has 0 aliphatic carbocycles. The zero-order chi connectivity index (χ0) is 9.23. The van der Waals surface area contributed by atoms with E-state index < -0.39 is 0 Å². The van der Waals surface area contributed by atoms with Crippen LogP contribution in [0.2, 0.25) is 0 Å². The van der Waals surface area contributed by atoms with Crippen molar-refractivity contribution in [1.29, 1.82) is 5.26 Å². The topological polar surface area (TPSA) is 23.8 Å². The molecule has 0 aromatic rings. The minimum atomic E-state index is 0.149. The van der Waals surface area contributed by atoms with Gasteiger partial charge in [0, 0.05) is 0 Å². The standard InChI is InChI=1S/C11H18N/c1-3-5-6-7-8-9-11(4-2)10-12/h6-7,11H,2-5,8-9H2,1H3/q+1/b7-6-. The molecule has 1 unspecified atom stereocenters. The van der Waals surface area contributed by atoms with Gasteiger partial charge in [0.25, 0.3) is 0 Å². The van der Waals surface area contributed by atoms with Crippen molar-refractivity contribution in [2.75, 3.05) is 0 Å². The molecule has 0 rings (SSSR count). The van der Waals surface area contributed by atoms with E-state index in [2.05, 4.69) is 32.1 Å². The fourth-order valence-corrected chi connectivity index (χ4v) is 0.973. The van der Waals surface area contributed by atoms with Crippen LogP contribution in [0, 0.1) is 24.2 Å².